The molecule has 2 unspecified atom stereocenters. The van der Waals surface area contributed by atoms with Gasteiger partial charge in [-0.25, -0.2) is 13.6 Å². The summed E-state index contributed by atoms with van der Waals surface area (Å²) in [5.41, 5.74) is 1.10. The molecule has 0 radical (unpaired) electrons. The Hall–Kier alpha value is -2.76. The molecule has 2 aromatic rings. The zero-order valence-corrected chi connectivity index (χ0v) is 13.6. The highest BCUT2D eigenvalue weighted by molar-refractivity contribution is 5.89. The van der Waals surface area contributed by atoms with Gasteiger partial charge < -0.3 is 9.64 Å². The van der Waals surface area contributed by atoms with Crippen LogP contribution in [0.4, 0.5) is 8.78 Å². The van der Waals surface area contributed by atoms with E-state index in [1.807, 2.05) is 0 Å². The molecule has 130 valence electrons. The molecule has 6 heteroatoms. The molecule has 1 heterocycles. The van der Waals surface area contributed by atoms with Crippen LogP contribution in [0.1, 0.15) is 30.0 Å². The number of esters is 1. The Labute approximate surface area is 144 Å². The molecule has 0 spiro atoms. The van der Waals surface area contributed by atoms with Crippen LogP contribution >= 0.6 is 0 Å². The van der Waals surface area contributed by atoms with Gasteiger partial charge in [0.25, 0.3) is 0 Å². The standard InChI is InChI=1S/C19H17F2NO3/c1-25-19(24)16-9-10-17(23)22(16)18(12-5-7-14(20)8-6-12)13-3-2-4-15(21)11-13/h2-8,11,16,18H,9-10H2,1H3. The van der Waals surface area contributed by atoms with Gasteiger partial charge in [-0.3, -0.25) is 4.79 Å². The summed E-state index contributed by atoms with van der Waals surface area (Å²) in [5.74, 6) is -1.62. The van der Waals surface area contributed by atoms with Gasteiger partial charge in [-0.05, 0) is 41.8 Å². The number of carbonyl (C=O) groups excluding carboxylic acids is 2. The minimum absolute atomic E-state index is 0.201. The van der Waals surface area contributed by atoms with Crippen LogP contribution in [-0.4, -0.2) is 29.9 Å². The van der Waals surface area contributed by atoms with Crippen LogP contribution in [0.25, 0.3) is 0 Å². The summed E-state index contributed by atoms with van der Waals surface area (Å²) in [7, 11) is 1.26. The van der Waals surface area contributed by atoms with Gasteiger partial charge in [0.2, 0.25) is 5.91 Å². The van der Waals surface area contributed by atoms with Crippen molar-refractivity contribution in [2.75, 3.05) is 7.11 Å². The number of hydrogen-bond acceptors (Lipinski definition) is 3. The summed E-state index contributed by atoms with van der Waals surface area (Å²) < 4.78 is 31.9. The van der Waals surface area contributed by atoms with Gasteiger partial charge in [-0.15, -0.1) is 0 Å². The predicted octanol–water partition coefficient (Wildman–Crippen LogP) is 3.22. The highest BCUT2D eigenvalue weighted by atomic mass is 19.1. The van der Waals surface area contributed by atoms with Crippen molar-refractivity contribution in [3.8, 4) is 0 Å². The Kier molecular flexibility index (Phi) is 4.79. The maximum absolute atomic E-state index is 13.8. The van der Waals surface area contributed by atoms with E-state index in [4.69, 9.17) is 4.74 Å². The molecular formula is C19H17F2NO3. The molecule has 0 N–H and O–H groups in total. The van der Waals surface area contributed by atoms with Gasteiger partial charge in [0.1, 0.15) is 17.7 Å². The Morgan fingerprint density at radius 3 is 2.48 bits per heavy atom. The highest BCUT2D eigenvalue weighted by Crippen LogP contribution is 2.36. The van der Waals surface area contributed by atoms with Crippen LogP contribution in [0.2, 0.25) is 0 Å². The minimum atomic E-state index is -0.754. The number of hydrogen-bond donors (Lipinski definition) is 0. The molecule has 4 nitrogen and oxygen atoms in total. The normalized spacial score (nSPS) is 18.3. The monoisotopic (exact) mass is 345 g/mol. The highest BCUT2D eigenvalue weighted by Gasteiger charge is 2.42. The molecule has 0 saturated carbocycles. The second kappa shape index (κ2) is 7.01. The number of likely N-dealkylation sites (tertiary alicyclic amines) is 1. The van der Waals surface area contributed by atoms with E-state index >= 15 is 0 Å². The largest absolute Gasteiger partial charge is 0.467 e. The van der Waals surface area contributed by atoms with Crippen LogP contribution in [0, 0.1) is 11.6 Å². The van der Waals surface area contributed by atoms with Gasteiger partial charge in [-0.1, -0.05) is 24.3 Å². The molecule has 2 aromatic carbocycles. The summed E-state index contributed by atoms with van der Waals surface area (Å²) in [6, 6.07) is 9.99. The van der Waals surface area contributed by atoms with E-state index in [1.54, 1.807) is 6.07 Å². The summed E-state index contributed by atoms with van der Waals surface area (Å²) in [5, 5.41) is 0. The fourth-order valence-corrected chi connectivity index (χ4v) is 3.23. The Morgan fingerprint density at radius 1 is 1.12 bits per heavy atom. The van der Waals surface area contributed by atoms with Gasteiger partial charge in [0.05, 0.1) is 13.2 Å². The van der Waals surface area contributed by atoms with Crippen molar-refractivity contribution in [3.05, 3.63) is 71.3 Å². The second-order valence-electron chi connectivity index (χ2n) is 5.89. The SMILES string of the molecule is COC(=O)C1CCC(=O)N1C(c1ccc(F)cc1)c1cccc(F)c1. The molecule has 3 rings (SSSR count). The summed E-state index contributed by atoms with van der Waals surface area (Å²) in [4.78, 5) is 26.0. The molecule has 0 aliphatic carbocycles. The van der Waals surface area contributed by atoms with Crippen molar-refractivity contribution in [3.63, 3.8) is 0 Å². The molecule has 1 amide bonds. The first-order valence-corrected chi connectivity index (χ1v) is 7.91. The van der Waals surface area contributed by atoms with Crippen molar-refractivity contribution < 1.29 is 23.1 Å². The average Bonchev–Trinajstić information content (AvgIpc) is 2.98. The first-order chi connectivity index (χ1) is 12.0. The van der Waals surface area contributed by atoms with Crippen LogP contribution in [0.15, 0.2) is 48.5 Å². The Balaban J connectivity index is 2.11. The summed E-state index contributed by atoms with van der Waals surface area (Å²) in [6.07, 6.45) is 0.533. The fraction of sp³-hybridized carbons (Fsp3) is 0.263. The van der Waals surface area contributed by atoms with Gasteiger partial charge >= 0.3 is 5.97 Å². The Morgan fingerprint density at radius 2 is 1.84 bits per heavy atom. The smallest absolute Gasteiger partial charge is 0.328 e. The van der Waals surface area contributed by atoms with Crippen molar-refractivity contribution in [2.45, 2.75) is 24.9 Å². The summed E-state index contributed by atoms with van der Waals surface area (Å²) in [6.45, 7) is 0. The lowest BCUT2D eigenvalue weighted by atomic mass is 9.96. The second-order valence-corrected chi connectivity index (χ2v) is 5.89. The summed E-state index contributed by atoms with van der Waals surface area (Å²) >= 11 is 0. The molecule has 25 heavy (non-hydrogen) atoms. The third-order valence-corrected chi connectivity index (χ3v) is 4.36. The average molecular weight is 345 g/mol. The maximum Gasteiger partial charge on any atom is 0.328 e. The fourth-order valence-electron chi connectivity index (χ4n) is 3.23. The van der Waals surface area contributed by atoms with E-state index in [9.17, 15) is 18.4 Å². The predicted molar refractivity (Wildman–Crippen MR) is 86.5 cm³/mol. The first kappa shape index (κ1) is 17.1. The van der Waals surface area contributed by atoms with E-state index < -0.39 is 29.7 Å². The molecule has 2 atom stereocenters. The van der Waals surface area contributed by atoms with Crippen molar-refractivity contribution in [2.24, 2.45) is 0 Å². The maximum atomic E-state index is 13.8. The number of rotatable bonds is 4. The zero-order chi connectivity index (χ0) is 18.0. The molecule has 0 aromatic heterocycles. The van der Waals surface area contributed by atoms with E-state index in [0.29, 0.717) is 17.5 Å². The van der Waals surface area contributed by atoms with Crippen LogP contribution < -0.4 is 0 Å². The number of methoxy groups -OCH3 is 1. The number of halogens is 2. The quantitative estimate of drug-likeness (QED) is 0.800. The van der Waals surface area contributed by atoms with Gasteiger partial charge in [0.15, 0.2) is 0 Å². The van der Waals surface area contributed by atoms with Crippen LogP contribution in [0.3, 0.4) is 0 Å². The molecule has 1 aliphatic rings. The molecule has 1 fully saturated rings. The Bertz CT molecular complexity index is 792. The van der Waals surface area contributed by atoms with Crippen molar-refractivity contribution >= 4 is 11.9 Å². The first-order valence-electron chi connectivity index (χ1n) is 7.91. The van der Waals surface area contributed by atoms with E-state index in [1.165, 1.54) is 54.5 Å². The minimum Gasteiger partial charge on any atom is -0.467 e. The van der Waals surface area contributed by atoms with Crippen molar-refractivity contribution in [1.29, 1.82) is 0 Å². The number of amides is 1. The van der Waals surface area contributed by atoms with Gasteiger partial charge in [-0.2, -0.15) is 0 Å². The molecular weight excluding hydrogens is 328 g/mol. The molecule has 0 bridgehead atoms. The third kappa shape index (κ3) is 3.38. The van der Waals surface area contributed by atoms with Crippen LogP contribution in [0.5, 0.6) is 0 Å². The van der Waals surface area contributed by atoms with Gasteiger partial charge in [0, 0.05) is 6.42 Å². The van der Waals surface area contributed by atoms with E-state index in [0.717, 1.165) is 0 Å². The van der Waals surface area contributed by atoms with Crippen LogP contribution in [-0.2, 0) is 14.3 Å². The topological polar surface area (TPSA) is 46.6 Å². The zero-order valence-electron chi connectivity index (χ0n) is 13.6. The number of benzene rings is 2. The van der Waals surface area contributed by atoms with Crippen molar-refractivity contribution in [1.82, 2.24) is 4.90 Å². The number of carbonyl (C=O) groups is 2. The van der Waals surface area contributed by atoms with E-state index in [2.05, 4.69) is 0 Å². The lowest BCUT2D eigenvalue weighted by molar-refractivity contribution is -0.150. The molecule has 1 saturated heterocycles. The third-order valence-electron chi connectivity index (χ3n) is 4.36. The number of ether oxygens (including phenoxy) is 1. The number of nitrogens with zero attached hydrogens (tertiary/aromatic N) is 1. The lowest BCUT2D eigenvalue weighted by Gasteiger charge is -2.32. The van der Waals surface area contributed by atoms with E-state index in [-0.39, 0.29) is 12.3 Å². The molecule has 1 aliphatic heterocycles. The lowest BCUT2D eigenvalue weighted by Crippen LogP contribution is -2.42.